The molecule has 0 radical (unpaired) electrons. The van der Waals surface area contributed by atoms with Gasteiger partial charge in [-0.25, -0.2) is 0 Å². The maximum absolute atomic E-state index is 7.00. The number of rotatable bonds is 4. The zero-order valence-corrected chi connectivity index (χ0v) is 17.9. The molecule has 3 atom stereocenters. The van der Waals surface area contributed by atoms with E-state index in [2.05, 4.69) is 37.3 Å². The van der Waals surface area contributed by atoms with Gasteiger partial charge in [-0.3, -0.25) is 0 Å². The van der Waals surface area contributed by atoms with Crippen LogP contribution in [0.25, 0.3) is 0 Å². The second-order valence-corrected chi connectivity index (χ2v) is 9.15. The summed E-state index contributed by atoms with van der Waals surface area (Å²) in [6, 6.07) is 24.6. The Bertz CT molecular complexity index is 1060. The van der Waals surface area contributed by atoms with E-state index in [9.17, 15) is 0 Å². The lowest BCUT2D eigenvalue weighted by Crippen LogP contribution is -2.29. The lowest BCUT2D eigenvalue weighted by Gasteiger charge is -2.32. The molecule has 1 aliphatic carbocycles. The normalized spacial score (nSPS) is 26.1. The second kappa shape index (κ2) is 6.68. The molecular weight excluding hydrogens is 403 g/mol. The van der Waals surface area contributed by atoms with E-state index in [4.69, 9.17) is 32.7 Å². The molecule has 5 rings (SSSR count). The first-order valence-electron chi connectivity index (χ1n) is 9.95. The first-order valence-corrected chi connectivity index (χ1v) is 10.7. The predicted molar refractivity (Wildman–Crippen MR) is 117 cm³/mol. The molecule has 0 unspecified atom stereocenters. The van der Waals surface area contributed by atoms with Gasteiger partial charge < -0.3 is 9.47 Å². The first-order chi connectivity index (χ1) is 14.0. The highest BCUT2D eigenvalue weighted by Crippen LogP contribution is 2.77. The summed E-state index contributed by atoms with van der Waals surface area (Å²) in [6.45, 7) is 4.74. The minimum Gasteiger partial charge on any atom is -0.494 e. The number of benzene rings is 3. The summed E-state index contributed by atoms with van der Waals surface area (Å²) in [7, 11) is 0. The molecule has 1 fully saturated rings. The number of hydrogen-bond acceptors (Lipinski definition) is 2. The SMILES string of the molecule is CCOc1ccc([C@@]23Oc4ccccc4[C@H](c4ccccc4C)[C@@H]2C3(Cl)Cl)cc1. The summed E-state index contributed by atoms with van der Waals surface area (Å²) >= 11 is 14.0. The fourth-order valence-electron chi connectivity index (χ4n) is 4.84. The van der Waals surface area contributed by atoms with Gasteiger partial charge in [-0.05, 0) is 48.7 Å². The van der Waals surface area contributed by atoms with Crippen molar-refractivity contribution >= 4 is 23.2 Å². The van der Waals surface area contributed by atoms with E-state index in [0.717, 1.165) is 22.6 Å². The minimum atomic E-state index is -1.04. The summed E-state index contributed by atoms with van der Waals surface area (Å²) < 4.78 is 11.1. The molecule has 3 aromatic carbocycles. The molecule has 1 saturated carbocycles. The molecule has 0 N–H and O–H groups in total. The molecule has 1 aliphatic heterocycles. The van der Waals surface area contributed by atoms with E-state index in [1.54, 1.807) is 0 Å². The molecule has 29 heavy (non-hydrogen) atoms. The topological polar surface area (TPSA) is 18.5 Å². The number of fused-ring (bicyclic) bond motifs is 2. The number of aryl methyl sites for hydroxylation is 1. The molecular formula is C25H22Cl2O2. The monoisotopic (exact) mass is 424 g/mol. The summed E-state index contributed by atoms with van der Waals surface area (Å²) in [6.07, 6.45) is 0. The van der Waals surface area contributed by atoms with Gasteiger partial charge in [-0.1, -0.05) is 77.8 Å². The smallest absolute Gasteiger partial charge is 0.174 e. The van der Waals surface area contributed by atoms with Crippen molar-refractivity contribution < 1.29 is 9.47 Å². The third-order valence-electron chi connectivity index (χ3n) is 6.22. The average Bonchev–Trinajstić information content (AvgIpc) is 3.23. The number of para-hydroxylation sites is 1. The molecule has 4 heteroatoms. The van der Waals surface area contributed by atoms with Crippen LogP contribution in [0, 0.1) is 12.8 Å². The Labute approximate surface area is 181 Å². The molecule has 0 bridgehead atoms. The van der Waals surface area contributed by atoms with Crippen molar-refractivity contribution in [1.29, 1.82) is 0 Å². The summed E-state index contributed by atoms with van der Waals surface area (Å²) in [5.41, 5.74) is 3.79. The zero-order valence-electron chi connectivity index (χ0n) is 16.4. The van der Waals surface area contributed by atoms with Crippen molar-refractivity contribution in [2.24, 2.45) is 5.92 Å². The Balaban J connectivity index is 1.68. The highest BCUT2D eigenvalue weighted by molar-refractivity contribution is 6.52. The van der Waals surface area contributed by atoms with E-state index in [1.165, 1.54) is 11.1 Å². The van der Waals surface area contributed by atoms with Crippen LogP contribution in [0.2, 0.25) is 0 Å². The zero-order chi connectivity index (χ0) is 20.2. The lowest BCUT2D eigenvalue weighted by molar-refractivity contribution is 0.137. The van der Waals surface area contributed by atoms with Crippen molar-refractivity contribution in [2.75, 3.05) is 6.61 Å². The van der Waals surface area contributed by atoms with Gasteiger partial charge in [0.2, 0.25) is 0 Å². The van der Waals surface area contributed by atoms with E-state index in [-0.39, 0.29) is 11.8 Å². The molecule has 2 nitrogen and oxygen atoms in total. The fraction of sp³-hybridized carbons (Fsp3) is 0.280. The van der Waals surface area contributed by atoms with Crippen LogP contribution in [-0.2, 0) is 5.60 Å². The van der Waals surface area contributed by atoms with E-state index < -0.39 is 9.93 Å². The van der Waals surface area contributed by atoms with Crippen LogP contribution >= 0.6 is 23.2 Å². The number of alkyl halides is 2. The third kappa shape index (κ3) is 2.62. The van der Waals surface area contributed by atoms with E-state index in [1.807, 2.05) is 49.4 Å². The van der Waals surface area contributed by atoms with Crippen LogP contribution in [0.3, 0.4) is 0 Å². The Morgan fingerprint density at radius 1 is 0.897 bits per heavy atom. The number of halogens is 2. The van der Waals surface area contributed by atoms with Gasteiger partial charge in [0.25, 0.3) is 0 Å². The van der Waals surface area contributed by atoms with Crippen LogP contribution in [-0.4, -0.2) is 10.9 Å². The van der Waals surface area contributed by atoms with Gasteiger partial charge in [0.1, 0.15) is 11.5 Å². The van der Waals surface area contributed by atoms with Crippen LogP contribution < -0.4 is 9.47 Å². The minimum absolute atomic E-state index is 0.0581. The number of ether oxygens (including phenoxy) is 2. The van der Waals surface area contributed by atoms with Gasteiger partial charge in [-0.2, -0.15) is 0 Å². The first kappa shape index (κ1) is 18.8. The average molecular weight is 425 g/mol. The molecule has 2 aliphatic rings. The van der Waals surface area contributed by atoms with Gasteiger partial charge in [0.15, 0.2) is 9.93 Å². The quantitative estimate of drug-likeness (QED) is 0.438. The standard InChI is InChI=1S/C25H22Cl2O2/c1-3-28-18-14-12-17(13-15-18)24-23(25(24,26)27)22(19-9-5-4-8-16(19)2)20-10-6-7-11-21(20)29-24/h4-15,22-23H,3H2,1-2H3/t22-,23-,24+/m0/s1. The molecule has 3 aromatic rings. The van der Waals surface area contributed by atoms with Gasteiger partial charge >= 0.3 is 0 Å². The van der Waals surface area contributed by atoms with Crippen molar-refractivity contribution in [3.05, 3.63) is 95.1 Å². The maximum atomic E-state index is 7.00. The molecule has 1 heterocycles. The van der Waals surface area contributed by atoms with Gasteiger partial charge in [-0.15, -0.1) is 0 Å². The Morgan fingerprint density at radius 3 is 2.24 bits per heavy atom. The second-order valence-electron chi connectivity index (χ2n) is 7.77. The predicted octanol–water partition coefficient (Wildman–Crippen LogP) is 6.62. The summed E-state index contributed by atoms with van der Waals surface area (Å²) in [5.74, 6) is 1.63. The Hall–Kier alpha value is -2.16. The molecule has 0 aromatic heterocycles. The highest BCUT2D eigenvalue weighted by atomic mass is 35.5. The van der Waals surface area contributed by atoms with Crippen LogP contribution in [0.1, 0.15) is 35.1 Å². The van der Waals surface area contributed by atoms with Gasteiger partial charge in [0, 0.05) is 11.5 Å². The third-order valence-corrected chi connectivity index (χ3v) is 7.25. The van der Waals surface area contributed by atoms with Crippen LogP contribution in [0.5, 0.6) is 11.5 Å². The lowest BCUT2D eigenvalue weighted by atomic mass is 9.80. The molecule has 0 amide bonds. The van der Waals surface area contributed by atoms with E-state index >= 15 is 0 Å². The maximum Gasteiger partial charge on any atom is 0.174 e. The van der Waals surface area contributed by atoms with Crippen molar-refractivity contribution in [2.45, 2.75) is 29.7 Å². The van der Waals surface area contributed by atoms with E-state index in [0.29, 0.717) is 6.61 Å². The highest BCUT2D eigenvalue weighted by Gasteiger charge is 2.83. The Kier molecular flexibility index (Phi) is 4.34. The van der Waals surface area contributed by atoms with Crippen molar-refractivity contribution in [3.8, 4) is 11.5 Å². The Morgan fingerprint density at radius 2 is 1.55 bits per heavy atom. The molecule has 0 saturated heterocycles. The summed E-state index contributed by atoms with van der Waals surface area (Å²) in [4.78, 5) is 0. The fourth-order valence-corrected chi connectivity index (χ4v) is 5.82. The van der Waals surface area contributed by atoms with Crippen LogP contribution in [0.4, 0.5) is 0 Å². The van der Waals surface area contributed by atoms with Crippen molar-refractivity contribution in [1.82, 2.24) is 0 Å². The van der Waals surface area contributed by atoms with Crippen molar-refractivity contribution in [3.63, 3.8) is 0 Å². The number of hydrogen-bond donors (Lipinski definition) is 0. The molecule has 0 spiro atoms. The largest absolute Gasteiger partial charge is 0.494 e. The summed E-state index contributed by atoms with van der Waals surface area (Å²) in [5, 5.41) is 0. The molecule has 148 valence electrons. The van der Waals surface area contributed by atoms with Gasteiger partial charge in [0.05, 0.1) is 12.5 Å². The van der Waals surface area contributed by atoms with Crippen LogP contribution in [0.15, 0.2) is 72.8 Å².